The minimum atomic E-state index is -0.588. The van der Waals surface area contributed by atoms with Crippen molar-refractivity contribution in [1.82, 2.24) is 0 Å². The van der Waals surface area contributed by atoms with Crippen molar-refractivity contribution in [3.63, 3.8) is 0 Å². The van der Waals surface area contributed by atoms with Crippen molar-refractivity contribution < 1.29 is 14.3 Å². The Kier molecular flexibility index (Phi) is 3.01. The highest BCUT2D eigenvalue weighted by molar-refractivity contribution is 5.76. The Morgan fingerprint density at radius 1 is 1.27 bits per heavy atom. The molecule has 3 heteroatoms. The maximum Gasteiger partial charge on any atom is 0.312 e. The highest BCUT2D eigenvalue weighted by atomic mass is 16.5. The third kappa shape index (κ3) is 1.63. The number of methoxy groups -OCH3 is 1. The Labute approximate surface area is 130 Å². The number of hydrogen-bond donors (Lipinski definition) is 0. The summed E-state index contributed by atoms with van der Waals surface area (Å²) in [6, 6.07) is 8.24. The molecule has 0 amide bonds. The van der Waals surface area contributed by atoms with Crippen molar-refractivity contribution in [1.29, 1.82) is 0 Å². The molecule has 1 aliphatic carbocycles. The number of esters is 1. The second-order valence-corrected chi connectivity index (χ2v) is 6.45. The molecule has 4 rings (SSSR count). The van der Waals surface area contributed by atoms with Gasteiger partial charge in [0.2, 0.25) is 0 Å². The Morgan fingerprint density at radius 2 is 2.05 bits per heavy atom. The molecule has 1 aromatic carbocycles. The Hall–Kier alpha value is -1.87. The summed E-state index contributed by atoms with van der Waals surface area (Å²) in [6.45, 7) is 2.09. The molecule has 22 heavy (non-hydrogen) atoms. The van der Waals surface area contributed by atoms with Crippen molar-refractivity contribution >= 4 is 5.97 Å². The number of hydrogen-bond acceptors (Lipinski definition) is 3. The number of fused-ring (bicyclic) bond motifs is 5. The van der Waals surface area contributed by atoms with Crippen molar-refractivity contribution in [2.24, 2.45) is 17.8 Å². The molecule has 0 aromatic heterocycles. The van der Waals surface area contributed by atoms with Crippen LogP contribution in [0.3, 0.4) is 0 Å². The van der Waals surface area contributed by atoms with Crippen LogP contribution in [0.5, 0.6) is 0 Å². The molecular formula is C19H20O3. The Balaban J connectivity index is 1.90. The van der Waals surface area contributed by atoms with Gasteiger partial charge in [-0.05, 0) is 24.5 Å². The van der Waals surface area contributed by atoms with E-state index in [1.54, 1.807) is 0 Å². The second-order valence-electron chi connectivity index (χ2n) is 6.45. The van der Waals surface area contributed by atoms with Crippen LogP contribution in [-0.2, 0) is 19.9 Å². The number of allylic oxidation sites excluding steroid dienone is 2. The third-order valence-corrected chi connectivity index (χ3v) is 5.49. The zero-order valence-electron chi connectivity index (χ0n) is 12.9. The molecule has 0 saturated carbocycles. The summed E-state index contributed by atoms with van der Waals surface area (Å²) in [5.41, 5.74) is 1.70. The average molecular weight is 296 g/mol. The fraction of sp³-hybridized carbons (Fsp3) is 0.421. The molecule has 114 valence electrons. The Morgan fingerprint density at radius 3 is 2.82 bits per heavy atom. The molecule has 3 nitrogen and oxygen atoms in total. The largest absolute Gasteiger partial charge is 0.469 e. The number of ether oxygens (including phenoxy) is 2. The molecule has 2 heterocycles. The van der Waals surface area contributed by atoms with Gasteiger partial charge < -0.3 is 9.47 Å². The van der Waals surface area contributed by atoms with Gasteiger partial charge in [-0.25, -0.2) is 0 Å². The summed E-state index contributed by atoms with van der Waals surface area (Å²) >= 11 is 0. The molecule has 2 saturated heterocycles. The quantitative estimate of drug-likeness (QED) is 0.787. The highest BCUT2D eigenvalue weighted by Crippen LogP contribution is 2.62. The predicted molar refractivity (Wildman–Crippen MR) is 83.1 cm³/mol. The summed E-state index contributed by atoms with van der Waals surface area (Å²) in [4.78, 5) is 12.4. The number of aryl methyl sites for hydroxylation is 1. The van der Waals surface area contributed by atoms with Crippen LogP contribution in [0.2, 0.25) is 0 Å². The number of carbonyl (C=O) groups excluding carboxylic acids is 1. The van der Waals surface area contributed by atoms with Crippen LogP contribution in [0, 0.1) is 24.7 Å². The molecule has 3 unspecified atom stereocenters. The van der Waals surface area contributed by atoms with Gasteiger partial charge in [-0.3, -0.25) is 4.79 Å². The van der Waals surface area contributed by atoms with Crippen molar-refractivity contribution in [2.45, 2.75) is 25.0 Å². The van der Waals surface area contributed by atoms with E-state index in [-0.39, 0.29) is 23.9 Å². The molecule has 2 bridgehead atoms. The molecule has 0 radical (unpaired) electrons. The van der Waals surface area contributed by atoms with E-state index in [0.717, 1.165) is 12.0 Å². The fourth-order valence-corrected chi connectivity index (χ4v) is 4.60. The van der Waals surface area contributed by atoms with Gasteiger partial charge in [-0.1, -0.05) is 48.6 Å². The van der Waals surface area contributed by atoms with Crippen LogP contribution in [0.1, 0.15) is 17.5 Å². The van der Waals surface area contributed by atoms with E-state index < -0.39 is 5.60 Å². The minimum absolute atomic E-state index is 0.0925. The number of benzene rings is 1. The molecule has 2 aliphatic heterocycles. The number of rotatable bonds is 2. The molecule has 0 N–H and O–H groups in total. The third-order valence-electron chi connectivity index (χ3n) is 5.49. The summed E-state index contributed by atoms with van der Waals surface area (Å²) < 4.78 is 11.6. The van der Waals surface area contributed by atoms with Crippen LogP contribution in [-0.4, -0.2) is 19.2 Å². The average Bonchev–Trinajstić information content (AvgIpc) is 3.10. The van der Waals surface area contributed by atoms with Crippen molar-refractivity contribution in [2.75, 3.05) is 7.11 Å². The van der Waals surface area contributed by atoms with Gasteiger partial charge >= 0.3 is 5.97 Å². The molecule has 0 spiro atoms. The van der Waals surface area contributed by atoms with E-state index in [4.69, 9.17) is 9.47 Å². The maximum absolute atomic E-state index is 12.4. The van der Waals surface area contributed by atoms with Crippen LogP contribution in [0.25, 0.3) is 0 Å². The monoisotopic (exact) mass is 296 g/mol. The molecule has 2 fully saturated rings. The standard InChI is InChI=1S/C19H20O3/c1-12-7-3-5-9-14(12)19-15-10-6-4-8-13(15)17(22-19)11-16(19)18(20)21-2/h3-10,13,15-17H,11H2,1-2H3/t13?,15?,16?,17-,19-/m0/s1. The molecule has 3 aliphatic rings. The van der Waals surface area contributed by atoms with Gasteiger partial charge in [0, 0.05) is 11.8 Å². The SMILES string of the molecule is COC(=O)C1C[C@@H]2O[C@@]1(c1ccccc1C)C1C=CC=CC12. The first kappa shape index (κ1) is 13.8. The maximum atomic E-state index is 12.4. The zero-order valence-corrected chi connectivity index (χ0v) is 12.9. The molecule has 1 aromatic rings. The lowest BCUT2D eigenvalue weighted by Crippen LogP contribution is -2.45. The topological polar surface area (TPSA) is 35.5 Å². The lowest BCUT2D eigenvalue weighted by molar-refractivity contribution is -0.153. The summed E-state index contributed by atoms with van der Waals surface area (Å²) in [5.74, 6) is 0.153. The van der Waals surface area contributed by atoms with Gasteiger partial charge in [0.15, 0.2) is 0 Å². The van der Waals surface area contributed by atoms with Crippen LogP contribution in [0.15, 0.2) is 48.6 Å². The summed E-state index contributed by atoms with van der Waals surface area (Å²) in [5, 5.41) is 0. The van der Waals surface area contributed by atoms with Gasteiger partial charge in [-0.15, -0.1) is 0 Å². The highest BCUT2D eigenvalue weighted by Gasteiger charge is 2.66. The van der Waals surface area contributed by atoms with Gasteiger partial charge in [0.1, 0.15) is 5.60 Å². The fourth-order valence-electron chi connectivity index (χ4n) is 4.60. The first-order valence-electron chi connectivity index (χ1n) is 7.85. The van der Waals surface area contributed by atoms with Crippen LogP contribution >= 0.6 is 0 Å². The van der Waals surface area contributed by atoms with Crippen molar-refractivity contribution in [3.05, 3.63) is 59.7 Å². The first-order chi connectivity index (χ1) is 10.7. The van der Waals surface area contributed by atoms with E-state index in [1.807, 2.05) is 12.1 Å². The van der Waals surface area contributed by atoms with Crippen molar-refractivity contribution in [3.8, 4) is 0 Å². The van der Waals surface area contributed by atoms with Gasteiger partial charge in [-0.2, -0.15) is 0 Å². The van der Waals surface area contributed by atoms with Crippen LogP contribution < -0.4 is 0 Å². The lowest BCUT2D eigenvalue weighted by Gasteiger charge is -2.40. The van der Waals surface area contributed by atoms with Gasteiger partial charge in [0.25, 0.3) is 0 Å². The zero-order chi connectivity index (χ0) is 15.3. The van der Waals surface area contributed by atoms with E-state index in [9.17, 15) is 4.79 Å². The first-order valence-corrected chi connectivity index (χ1v) is 7.85. The summed E-state index contributed by atoms with van der Waals surface area (Å²) in [7, 11) is 1.47. The van der Waals surface area contributed by atoms with E-state index in [0.29, 0.717) is 5.92 Å². The summed E-state index contributed by atoms with van der Waals surface area (Å²) in [6.07, 6.45) is 9.41. The smallest absolute Gasteiger partial charge is 0.312 e. The predicted octanol–water partition coefficient (Wildman–Crippen LogP) is 3.14. The van der Waals surface area contributed by atoms with Gasteiger partial charge in [0.05, 0.1) is 19.1 Å². The molecular weight excluding hydrogens is 276 g/mol. The van der Waals surface area contributed by atoms with E-state index >= 15 is 0 Å². The normalized spacial score (nSPS) is 38.1. The van der Waals surface area contributed by atoms with E-state index in [2.05, 4.69) is 43.4 Å². The van der Waals surface area contributed by atoms with Crippen LogP contribution in [0.4, 0.5) is 0 Å². The Bertz CT molecular complexity index is 675. The molecule has 5 atom stereocenters. The number of carbonyl (C=O) groups is 1. The minimum Gasteiger partial charge on any atom is -0.469 e. The second kappa shape index (κ2) is 4.82. The van der Waals surface area contributed by atoms with E-state index in [1.165, 1.54) is 12.7 Å². The lowest BCUT2D eigenvalue weighted by atomic mass is 9.62.